The summed E-state index contributed by atoms with van der Waals surface area (Å²) in [6.07, 6.45) is 0.656. The number of aromatic carboxylic acids is 1. The Hall–Kier alpha value is -1.86. The number of methoxy groups -OCH3 is 1. The monoisotopic (exact) mass is 288 g/mol. The second kappa shape index (κ2) is 6.91. The van der Waals surface area contributed by atoms with E-state index in [1.165, 1.54) is 0 Å². The van der Waals surface area contributed by atoms with Crippen LogP contribution in [0.15, 0.2) is 12.1 Å². The van der Waals surface area contributed by atoms with Gasteiger partial charge in [0.05, 0.1) is 21.2 Å². The second-order valence-electron chi connectivity index (χ2n) is 3.69. The van der Waals surface area contributed by atoms with Crippen molar-refractivity contribution in [2.75, 3.05) is 25.6 Å². The summed E-state index contributed by atoms with van der Waals surface area (Å²) < 4.78 is 4.86. The van der Waals surface area contributed by atoms with E-state index in [4.69, 9.17) is 21.4 Å². The Morgan fingerprint density at radius 3 is 2.79 bits per heavy atom. The number of hydrogen-bond donors (Lipinski definition) is 2. The molecule has 0 atom stereocenters. The molecule has 0 aliphatic rings. The fourth-order valence-electron chi connectivity index (χ4n) is 1.48. The summed E-state index contributed by atoms with van der Waals surface area (Å²) >= 11 is 5.87. The number of nitrogens with one attached hydrogen (secondary N) is 1. The van der Waals surface area contributed by atoms with Crippen molar-refractivity contribution in [3.8, 4) is 0 Å². The number of nitro benzene ring substituents is 1. The maximum atomic E-state index is 11.1. The van der Waals surface area contributed by atoms with Crippen LogP contribution in [0, 0.1) is 10.1 Å². The van der Waals surface area contributed by atoms with E-state index in [2.05, 4.69) is 5.32 Å². The third-order valence-electron chi connectivity index (χ3n) is 2.34. The van der Waals surface area contributed by atoms with Crippen molar-refractivity contribution < 1.29 is 19.6 Å². The van der Waals surface area contributed by atoms with Crippen LogP contribution in [0.1, 0.15) is 16.8 Å². The van der Waals surface area contributed by atoms with Crippen LogP contribution in [0.2, 0.25) is 5.02 Å². The molecule has 0 radical (unpaired) electrons. The SMILES string of the molecule is COCCCNc1c(Cl)cc([N+](=O)[O-])cc1C(=O)O. The summed E-state index contributed by atoms with van der Waals surface area (Å²) in [5.41, 5.74) is -0.405. The highest BCUT2D eigenvalue weighted by Gasteiger charge is 2.19. The lowest BCUT2D eigenvalue weighted by molar-refractivity contribution is -0.384. The van der Waals surface area contributed by atoms with E-state index in [9.17, 15) is 14.9 Å². The van der Waals surface area contributed by atoms with E-state index < -0.39 is 10.9 Å². The lowest BCUT2D eigenvalue weighted by atomic mass is 10.1. The normalized spacial score (nSPS) is 10.2. The van der Waals surface area contributed by atoms with Crippen LogP contribution in [-0.2, 0) is 4.74 Å². The number of benzene rings is 1. The number of nitrogens with zero attached hydrogens (tertiary/aromatic N) is 1. The molecule has 1 aromatic rings. The first-order valence-electron chi connectivity index (χ1n) is 5.41. The van der Waals surface area contributed by atoms with Crippen molar-refractivity contribution in [2.45, 2.75) is 6.42 Å². The molecular formula is C11H13ClN2O5. The predicted octanol–water partition coefficient (Wildman–Crippen LogP) is 2.39. The first kappa shape index (κ1) is 15.2. The van der Waals surface area contributed by atoms with Crippen LogP contribution >= 0.6 is 11.6 Å². The van der Waals surface area contributed by atoms with Gasteiger partial charge in [0.1, 0.15) is 0 Å². The van der Waals surface area contributed by atoms with Gasteiger partial charge in [-0.3, -0.25) is 10.1 Å². The molecule has 0 saturated carbocycles. The van der Waals surface area contributed by atoms with Crippen molar-refractivity contribution >= 4 is 28.9 Å². The van der Waals surface area contributed by atoms with E-state index >= 15 is 0 Å². The number of carbonyl (C=O) groups is 1. The highest BCUT2D eigenvalue weighted by molar-refractivity contribution is 6.34. The van der Waals surface area contributed by atoms with Gasteiger partial charge in [-0.1, -0.05) is 11.6 Å². The molecule has 0 amide bonds. The van der Waals surface area contributed by atoms with Crippen LogP contribution in [-0.4, -0.2) is 36.3 Å². The largest absolute Gasteiger partial charge is 0.478 e. The van der Waals surface area contributed by atoms with E-state index in [1.807, 2.05) is 0 Å². The number of halogens is 1. The van der Waals surface area contributed by atoms with Gasteiger partial charge in [-0.05, 0) is 6.42 Å². The topological polar surface area (TPSA) is 102 Å². The molecule has 0 fully saturated rings. The number of anilines is 1. The van der Waals surface area contributed by atoms with Crippen molar-refractivity contribution in [1.82, 2.24) is 0 Å². The van der Waals surface area contributed by atoms with Gasteiger partial charge in [-0.2, -0.15) is 0 Å². The van der Waals surface area contributed by atoms with Crippen molar-refractivity contribution in [1.29, 1.82) is 0 Å². The molecule has 1 aromatic carbocycles. The number of nitro groups is 1. The van der Waals surface area contributed by atoms with Gasteiger partial charge in [-0.25, -0.2) is 4.79 Å². The molecule has 1 rings (SSSR count). The highest BCUT2D eigenvalue weighted by Crippen LogP contribution is 2.31. The fraction of sp³-hybridized carbons (Fsp3) is 0.364. The summed E-state index contributed by atoms with van der Waals surface area (Å²) in [6, 6.07) is 2.10. The molecule has 104 valence electrons. The zero-order valence-corrected chi connectivity index (χ0v) is 10.9. The number of hydrogen-bond acceptors (Lipinski definition) is 5. The zero-order chi connectivity index (χ0) is 14.4. The minimum Gasteiger partial charge on any atom is -0.478 e. The lowest BCUT2D eigenvalue weighted by Gasteiger charge is -2.11. The predicted molar refractivity (Wildman–Crippen MR) is 70.0 cm³/mol. The molecule has 0 unspecified atom stereocenters. The molecule has 0 spiro atoms. The highest BCUT2D eigenvalue weighted by atomic mass is 35.5. The number of rotatable bonds is 7. The van der Waals surface area contributed by atoms with Gasteiger partial charge in [0, 0.05) is 32.4 Å². The average molecular weight is 289 g/mol. The second-order valence-corrected chi connectivity index (χ2v) is 4.09. The lowest BCUT2D eigenvalue weighted by Crippen LogP contribution is -2.10. The standard InChI is InChI=1S/C11H13ClN2O5/c1-19-4-2-3-13-10-8(11(15)16)5-7(14(17)18)6-9(10)12/h5-6,13H,2-4H2,1H3,(H,15,16). The van der Waals surface area contributed by atoms with E-state index in [1.54, 1.807) is 7.11 Å². The summed E-state index contributed by atoms with van der Waals surface area (Å²) in [5, 5.41) is 22.6. The smallest absolute Gasteiger partial charge is 0.338 e. The van der Waals surface area contributed by atoms with Crippen LogP contribution in [0.3, 0.4) is 0 Å². The molecule has 0 aliphatic carbocycles. The molecule has 0 heterocycles. The molecule has 0 bridgehead atoms. The zero-order valence-electron chi connectivity index (χ0n) is 10.2. The third-order valence-corrected chi connectivity index (χ3v) is 2.64. The Kier molecular flexibility index (Phi) is 5.53. The van der Waals surface area contributed by atoms with Crippen LogP contribution in [0.25, 0.3) is 0 Å². The van der Waals surface area contributed by atoms with Gasteiger partial charge in [0.2, 0.25) is 0 Å². The summed E-state index contributed by atoms with van der Waals surface area (Å²) in [7, 11) is 1.56. The Morgan fingerprint density at radius 1 is 1.58 bits per heavy atom. The maximum Gasteiger partial charge on any atom is 0.338 e. The molecular weight excluding hydrogens is 276 g/mol. The molecule has 0 saturated heterocycles. The quantitative estimate of drug-likeness (QED) is 0.454. The van der Waals surface area contributed by atoms with Crippen LogP contribution < -0.4 is 5.32 Å². The number of carboxylic acids is 1. The van der Waals surface area contributed by atoms with Gasteiger partial charge in [-0.15, -0.1) is 0 Å². The van der Waals surface area contributed by atoms with Gasteiger partial charge in [0.25, 0.3) is 5.69 Å². The van der Waals surface area contributed by atoms with Crippen molar-refractivity contribution in [3.05, 3.63) is 32.8 Å². The Balaban J connectivity index is 3.01. The Bertz CT molecular complexity index is 492. The minimum atomic E-state index is -1.28. The fourth-order valence-corrected chi connectivity index (χ4v) is 1.76. The van der Waals surface area contributed by atoms with E-state index in [-0.39, 0.29) is 22.0 Å². The molecule has 0 aliphatic heterocycles. The summed E-state index contributed by atoms with van der Waals surface area (Å²) in [5.74, 6) is -1.28. The number of ether oxygens (including phenoxy) is 1. The summed E-state index contributed by atoms with van der Waals surface area (Å²) in [4.78, 5) is 21.1. The number of carboxylic acid groups (broad SMARTS) is 1. The van der Waals surface area contributed by atoms with Crippen molar-refractivity contribution in [3.63, 3.8) is 0 Å². The van der Waals surface area contributed by atoms with Gasteiger partial charge in [0.15, 0.2) is 0 Å². The molecule has 0 aromatic heterocycles. The molecule has 7 nitrogen and oxygen atoms in total. The molecule has 2 N–H and O–H groups in total. The molecule has 8 heteroatoms. The Morgan fingerprint density at radius 2 is 2.26 bits per heavy atom. The average Bonchev–Trinajstić information content (AvgIpc) is 2.35. The maximum absolute atomic E-state index is 11.1. The van der Waals surface area contributed by atoms with Gasteiger partial charge >= 0.3 is 5.97 Å². The molecule has 19 heavy (non-hydrogen) atoms. The van der Waals surface area contributed by atoms with Gasteiger partial charge < -0.3 is 15.2 Å². The number of non-ortho nitro benzene ring substituents is 1. The third kappa shape index (κ3) is 4.08. The van der Waals surface area contributed by atoms with E-state index in [0.717, 1.165) is 12.1 Å². The van der Waals surface area contributed by atoms with Crippen LogP contribution in [0.5, 0.6) is 0 Å². The first-order valence-corrected chi connectivity index (χ1v) is 5.79. The minimum absolute atomic E-state index is 0.00372. The van der Waals surface area contributed by atoms with Crippen LogP contribution in [0.4, 0.5) is 11.4 Å². The first-order chi connectivity index (χ1) is 8.97. The van der Waals surface area contributed by atoms with E-state index in [0.29, 0.717) is 19.6 Å². The Labute approximate surface area is 114 Å². The summed E-state index contributed by atoms with van der Waals surface area (Å²) in [6.45, 7) is 0.964. The van der Waals surface area contributed by atoms with Crippen molar-refractivity contribution in [2.24, 2.45) is 0 Å².